The van der Waals surface area contributed by atoms with E-state index in [9.17, 15) is 4.79 Å². The number of benzene rings is 2. The molecule has 0 radical (unpaired) electrons. The molecule has 0 heterocycles. The van der Waals surface area contributed by atoms with E-state index in [1.54, 1.807) is 6.07 Å². The van der Waals surface area contributed by atoms with E-state index in [4.69, 9.17) is 5.11 Å². The number of rotatable bonds is 3. The van der Waals surface area contributed by atoms with Crippen LogP contribution in [-0.2, 0) is 6.42 Å². The maximum atomic E-state index is 11.1. The van der Waals surface area contributed by atoms with Gasteiger partial charge in [-0.25, -0.2) is 4.79 Å². The molecule has 2 N–H and O–H groups in total. The van der Waals surface area contributed by atoms with Gasteiger partial charge in [0.1, 0.15) is 0 Å². The minimum absolute atomic E-state index is 0.310. The van der Waals surface area contributed by atoms with Crippen LogP contribution in [0.5, 0.6) is 0 Å². The largest absolute Gasteiger partial charge is 0.478 e. The van der Waals surface area contributed by atoms with Crippen LogP contribution in [0.1, 0.15) is 45.9 Å². The van der Waals surface area contributed by atoms with Crippen molar-refractivity contribution in [3.05, 3.63) is 64.7 Å². The zero-order chi connectivity index (χ0) is 14.8. The smallest absolute Gasteiger partial charge is 0.335 e. The average Bonchev–Trinajstić information content (AvgIpc) is 2.47. The minimum Gasteiger partial charge on any atom is -0.478 e. The van der Waals surface area contributed by atoms with Crippen molar-refractivity contribution in [3.8, 4) is 0 Å². The number of carbonyl (C=O) groups is 1. The van der Waals surface area contributed by atoms with Gasteiger partial charge in [-0.15, -0.1) is 0 Å². The van der Waals surface area contributed by atoms with E-state index >= 15 is 0 Å². The fraction of sp³-hybridized carbons (Fsp3) is 0.278. The first-order valence-electron chi connectivity index (χ1n) is 7.33. The standard InChI is InChI=1S/C18H19NO2/c1-12-11-14(9-10-15(12)18(20)21)19-17-8-4-6-13-5-2-3-7-16(13)17/h2-3,5,7,9-11,17,19H,4,6,8H2,1H3,(H,20,21). The number of aryl methyl sites for hydroxylation is 2. The van der Waals surface area contributed by atoms with Gasteiger partial charge in [-0.05, 0) is 61.1 Å². The summed E-state index contributed by atoms with van der Waals surface area (Å²) in [4.78, 5) is 11.1. The molecule has 0 aromatic heterocycles. The second-order valence-corrected chi connectivity index (χ2v) is 5.62. The molecule has 0 fully saturated rings. The van der Waals surface area contributed by atoms with Crippen LogP contribution in [0, 0.1) is 6.92 Å². The van der Waals surface area contributed by atoms with E-state index in [1.807, 2.05) is 19.1 Å². The van der Waals surface area contributed by atoms with Gasteiger partial charge in [0.05, 0.1) is 11.6 Å². The molecule has 0 saturated heterocycles. The molecule has 1 aliphatic rings. The highest BCUT2D eigenvalue weighted by atomic mass is 16.4. The summed E-state index contributed by atoms with van der Waals surface area (Å²) in [7, 11) is 0. The van der Waals surface area contributed by atoms with Gasteiger partial charge in [-0.1, -0.05) is 24.3 Å². The molecule has 0 spiro atoms. The first-order valence-corrected chi connectivity index (χ1v) is 7.33. The number of carboxylic acids is 1. The van der Waals surface area contributed by atoms with Crippen LogP contribution in [-0.4, -0.2) is 11.1 Å². The molecule has 1 atom stereocenters. The summed E-state index contributed by atoms with van der Waals surface area (Å²) < 4.78 is 0. The van der Waals surface area contributed by atoms with Crippen LogP contribution >= 0.6 is 0 Å². The maximum absolute atomic E-state index is 11.1. The molecule has 108 valence electrons. The Labute approximate surface area is 124 Å². The molecule has 21 heavy (non-hydrogen) atoms. The molecule has 2 aromatic rings. The Balaban J connectivity index is 1.85. The number of hydrogen-bond acceptors (Lipinski definition) is 2. The SMILES string of the molecule is Cc1cc(NC2CCCc3ccccc32)ccc1C(=O)O. The van der Waals surface area contributed by atoms with Gasteiger partial charge in [0, 0.05) is 5.69 Å². The summed E-state index contributed by atoms with van der Waals surface area (Å²) in [6, 6.07) is 14.3. The van der Waals surface area contributed by atoms with E-state index in [1.165, 1.54) is 17.5 Å². The van der Waals surface area contributed by atoms with Crippen LogP contribution in [0.2, 0.25) is 0 Å². The summed E-state index contributed by atoms with van der Waals surface area (Å²) >= 11 is 0. The molecule has 2 aromatic carbocycles. The predicted octanol–water partition coefficient (Wildman–Crippen LogP) is 4.18. The molecule has 0 bridgehead atoms. The number of fused-ring (bicyclic) bond motifs is 1. The van der Waals surface area contributed by atoms with Crippen molar-refractivity contribution in [2.24, 2.45) is 0 Å². The van der Waals surface area contributed by atoms with Gasteiger partial charge in [0.15, 0.2) is 0 Å². The van der Waals surface area contributed by atoms with Crippen molar-refractivity contribution in [1.29, 1.82) is 0 Å². The third-order valence-corrected chi connectivity index (χ3v) is 4.17. The Bertz CT molecular complexity index is 679. The van der Waals surface area contributed by atoms with E-state index in [0.717, 1.165) is 24.1 Å². The number of anilines is 1. The Hall–Kier alpha value is -2.29. The van der Waals surface area contributed by atoms with Crippen LogP contribution in [0.15, 0.2) is 42.5 Å². The molecule has 3 rings (SSSR count). The predicted molar refractivity (Wildman–Crippen MR) is 83.9 cm³/mol. The van der Waals surface area contributed by atoms with Gasteiger partial charge >= 0.3 is 5.97 Å². The van der Waals surface area contributed by atoms with Crippen molar-refractivity contribution >= 4 is 11.7 Å². The fourth-order valence-electron chi connectivity index (χ4n) is 3.10. The molecule has 1 aliphatic carbocycles. The normalized spacial score (nSPS) is 17.1. The molecular formula is C18H19NO2. The summed E-state index contributed by atoms with van der Waals surface area (Å²) in [5.41, 5.74) is 4.92. The van der Waals surface area contributed by atoms with Crippen LogP contribution in [0.3, 0.4) is 0 Å². The van der Waals surface area contributed by atoms with Gasteiger partial charge in [0.2, 0.25) is 0 Å². The molecule has 0 saturated carbocycles. The summed E-state index contributed by atoms with van der Waals surface area (Å²) in [5, 5.41) is 12.6. The van der Waals surface area contributed by atoms with Crippen LogP contribution in [0.25, 0.3) is 0 Å². The van der Waals surface area contributed by atoms with Gasteiger partial charge in [0.25, 0.3) is 0 Å². The lowest BCUT2D eigenvalue weighted by Gasteiger charge is -2.27. The Kier molecular flexibility index (Phi) is 3.65. The van der Waals surface area contributed by atoms with Crippen LogP contribution in [0.4, 0.5) is 5.69 Å². The molecule has 3 nitrogen and oxygen atoms in total. The fourth-order valence-corrected chi connectivity index (χ4v) is 3.10. The van der Waals surface area contributed by atoms with E-state index in [2.05, 4.69) is 29.6 Å². The van der Waals surface area contributed by atoms with Crippen molar-refractivity contribution in [2.75, 3.05) is 5.32 Å². The van der Waals surface area contributed by atoms with Gasteiger partial charge < -0.3 is 10.4 Å². The lowest BCUT2D eigenvalue weighted by atomic mass is 9.87. The lowest BCUT2D eigenvalue weighted by molar-refractivity contribution is 0.0696. The zero-order valence-electron chi connectivity index (χ0n) is 12.1. The number of nitrogens with one attached hydrogen (secondary N) is 1. The van der Waals surface area contributed by atoms with Crippen LogP contribution < -0.4 is 5.32 Å². The third kappa shape index (κ3) is 2.77. The zero-order valence-corrected chi connectivity index (χ0v) is 12.1. The number of carboxylic acid groups (broad SMARTS) is 1. The topological polar surface area (TPSA) is 49.3 Å². The molecule has 1 unspecified atom stereocenters. The second-order valence-electron chi connectivity index (χ2n) is 5.62. The Morgan fingerprint density at radius 3 is 2.81 bits per heavy atom. The summed E-state index contributed by atoms with van der Waals surface area (Å²) in [5.74, 6) is -0.873. The maximum Gasteiger partial charge on any atom is 0.335 e. The quantitative estimate of drug-likeness (QED) is 0.887. The van der Waals surface area contributed by atoms with Crippen molar-refractivity contribution in [2.45, 2.75) is 32.2 Å². The third-order valence-electron chi connectivity index (χ3n) is 4.17. The first-order chi connectivity index (χ1) is 10.1. The first kappa shape index (κ1) is 13.7. The molecule has 3 heteroatoms. The summed E-state index contributed by atoms with van der Waals surface area (Å²) in [6.07, 6.45) is 3.43. The Morgan fingerprint density at radius 2 is 2.05 bits per heavy atom. The lowest BCUT2D eigenvalue weighted by Crippen LogP contribution is -2.17. The minimum atomic E-state index is -0.873. The number of hydrogen-bond donors (Lipinski definition) is 2. The van der Waals surface area contributed by atoms with E-state index in [0.29, 0.717) is 11.6 Å². The van der Waals surface area contributed by atoms with Crippen molar-refractivity contribution in [1.82, 2.24) is 0 Å². The number of aromatic carboxylic acids is 1. The van der Waals surface area contributed by atoms with Gasteiger partial charge in [-0.3, -0.25) is 0 Å². The van der Waals surface area contributed by atoms with E-state index in [-0.39, 0.29) is 0 Å². The molecular weight excluding hydrogens is 262 g/mol. The Morgan fingerprint density at radius 1 is 1.24 bits per heavy atom. The van der Waals surface area contributed by atoms with E-state index < -0.39 is 5.97 Å². The summed E-state index contributed by atoms with van der Waals surface area (Å²) in [6.45, 7) is 1.84. The van der Waals surface area contributed by atoms with Crippen molar-refractivity contribution < 1.29 is 9.90 Å². The second kappa shape index (κ2) is 5.60. The molecule has 0 amide bonds. The highest BCUT2D eigenvalue weighted by Gasteiger charge is 2.19. The van der Waals surface area contributed by atoms with Crippen molar-refractivity contribution in [3.63, 3.8) is 0 Å². The monoisotopic (exact) mass is 281 g/mol. The highest BCUT2D eigenvalue weighted by molar-refractivity contribution is 5.89. The highest BCUT2D eigenvalue weighted by Crippen LogP contribution is 2.32. The average molecular weight is 281 g/mol. The van der Waals surface area contributed by atoms with Gasteiger partial charge in [-0.2, -0.15) is 0 Å². The molecule has 0 aliphatic heterocycles.